The zero-order valence-corrected chi connectivity index (χ0v) is 17.7. The molecule has 2 aliphatic heterocycles. The van der Waals surface area contributed by atoms with Crippen molar-refractivity contribution in [1.29, 1.82) is 0 Å². The summed E-state index contributed by atoms with van der Waals surface area (Å²) in [4.78, 5) is 37.9. The molecule has 2 rings (SSSR count). The van der Waals surface area contributed by atoms with Crippen LogP contribution in [0.15, 0.2) is 11.6 Å². The molecule has 2 aliphatic rings. The van der Waals surface area contributed by atoms with Crippen LogP contribution in [0.3, 0.4) is 0 Å². The van der Waals surface area contributed by atoms with Crippen molar-refractivity contribution >= 4 is 26.2 Å². The predicted octanol–water partition coefficient (Wildman–Crippen LogP) is 1.57. The summed E-state index contributed by atoms with van der Waals surface area (Å²) in [6.07, 6.45) is 1.93. The van der Waals surface area contributed by atoms with Crippen molar-refractivity contribution in [2.24, 2.45) is 0 Å². The molecule has 1 fully saturated rings. The van der Waals surface area contributed by atoms with Crippen LogP contribution in [0.5, 0.6) is 0 Å². The van der Waals surface area contributed by atoms with Crippen LogP contribution in [0, 0.1) is 0 Å². The summed E-state index contributed by atoms with van der Waals surface area (Å²) in [5, 5.41) is 6.58. The van der Waals surface area contributed by atoms with E-state index >= 15 is 0 Å². The molecular formula is C17H30N4O4Si. The second-order valence-electron chi connectivity index (χ2n) is 8.44. The summed E-state index contributed by atoms with van der Waals surface area (Å²) in [5.41, 5.74) is 0.802. The fourth-order valence-electron chi connectivity index (χ4n) is 2.79. The first-order chi connectivity index (χ1) is 11.8. The average Bonchev–Trinajstić information content (AvgIpc) is 2.71. The van der Waals surface area contributed by atoms with Gasteiger partial charge in [0.1, 0.15) is 6.04 Å². The number of hydrogen-bond donors (Lipinski definition) is 2. The highest BCUT2D eigenvalue weighted by molar-refractivity contribution is 6.74. The van der Waals surface area contributed by atoms with Crippen LogP contribution in [0.1, 0.15) is 34.6 Å². The number of hydroxylamine groups is 2. The maximum atomic E-state index is 12.9. The van der Waals surface area contributed by atoms with E-state index in [2.05, 4.69) is 44.5 Å². The van der Waals surface area contributed by atoms with Gasteiger partial charge < -0.3 is 20.1 Å². The molecule has 26 heavy (non-hydrogen) atoms. The lowest BCUT2D eigenvalue weighted by Gasteiger charge is -2.39. The first-order valence-electron chi connectivity index (χ1n) is 8.84. The number of carbonyl (C=O) groups is 3. The Bertz CT molecular complexity index is 641. The van der Waals surface area contributed by atoms with Crippen LogP contribution in [0.4, 0.5) is 4.79 Å². The molecular weight excluding hydrogens is 352 g/mol. The van der Waals surface area contributed by atoms with Crippen molar-refractivity contribution < 1.29 is 18.9 Å². The van der Waals surface area contributed by atoms with E-state index in [1.807, 2.05) is 13.0 Å². The standard InChI is InChI=1S/C17H30N4O4Si/c1-11-8-13-9-20(14(11)15(23)19-10-18-12(2)22)16(24)21(13)25-26(6,7)17(3,4)5/h8,13-14H,9-10H2,1-7H3,(H,18,22)(H,19,23). The number of amides is 4. The number of hydrogen-bond acceptors (Lipinski definition) is 4. The lowest BCUT2D eigenvalue weighted by atomic mass is 10.0. The fraction of sp³-hybridized carbons (Fsp3) is 0.706. The van der Waals surface area contributed by atoms with Crippen molar-refractivity contribution in [3.05, 3.63) is 11.6 Å². The molecule has 2 N–H and O–H groups in total. The highest BCUT2D eigenvalue weighted by Gasteiger charge is 2.50. The Balaban J connectivity index is 2.13. The Labute approximate surface area is 156 Å². The van der Waals surface area contributed by atoms with Gasteiger partial charge >= 0.3 is 6.03 Å². The molecule has 0 aromatic rings. The number of urea groups is 1. The van der Waals surface area contributed by atoms with Gasteiger partial charge in [-0.05, 0) is 30.6 Å². The maximum Gasteiger partial charge on any atom is 0.344 e. The molecule has 0 spiro atoms. The van der Waals surface area contributed by atoms with Crippen LogP contribution < -0.4 is 10.6 Å². The van der Waals surface area contributed by atoms with E-state index in [4.69, 9.17) is 4.53 Å². The number of nitrogens with zero attached hydrogens (tertiary/aromatic N) is 2. The predicted molar refractivity (Wildman–Crippen MR) is 100 cm³/mol. The maximum absolute atomic E-state index is 12.9. The third-order valence-corrected chi connectivity index (χ3v) is 9.56. The van der Waals surface area contributed by atoms with Crippen LogP contribution in [0.2, 0.25) is 18.1 Å². The Morgan fingerprint density at radius 3 is 2.46 bits per heavy atom. The third-order valence-electron chi connectivity index (χ3n) is 5.30. The second kappa shape index (κ2) is 7.03. The number of carbonyl (C=O) groups excluding carboxylic acids is 3. The normalized spacial score (nSPS) is 23.0. The highest BCUT2D eigenvalue weighted by Crippen LogP contribution is 2.39. The summed E-state index contributed by atoms with van der Waals surface area (Å²) >= 11 is 0. The van der Waals surface area contributed by atoms with Gasteiger partial charge in [0.2, 0.25) is 20.1 Å². The molecule has 4 amide bonds. The van der Waals surface area contributed by atoms with Gasteiger partial charge in [0.05, 0.1) is 19.3 Å². The zero-order chi connectivity index (χ0) is 19.9. The first kappa shape index (κ1) is 20.4. The average molecular weight is 383 g/mol. The summed E-state index contributed by atoms with van der Waals surface area (Å²) in [5.74, 6) is -0.541. The molecule has 0 radical (unpaired) electrons. The SMILES string of the molecule is CC(=O)NCNC(=O)C1C(C)=CC2CN1C(=O)N2O[Si](C)(C)C(C)(C)C. The third kappa shape index (κ3) is 3.93. The second-order valence-corrected chi connectivity index (χ2v) is 13.1. The molecule has 9 heteroatoms. The van der Waals surface area contributed by atoms with Crippen LogP contribution in [-0.4, -0.2) is 61.4 Å². The first-order valence-corrected chi connectivity index (χ1v) is 11.8. The largest absolute Gasteiger partial charge is 0.344 e. The van der Waals surface area contributed by atoms with E-state index in [9.17, 15) is 14.4 Å². The molecule has 0 saturated carbocycles. The van der Waals surface area contributed by atoms with E-state index in [0.29, 0.717) is 6.54 Å². The molecule has 0 aromatic carbocycles. The van der Waals surface area contributed by atoms with Gasteiger partial charge in [-0.15, -0.1) is 0 Å². The number of nitrogens with one attached hydrogen (secondary N) is 2. The Morgan fingerprint density at radius 2 is 1.92 bits per heavy atom. The zero-order valence-electron chi connectivity index (χ0n) is 16.7. The fourth-order valence-corrected chi connectivity index (χ4v) is 3.77. The molecule has 2 bridgehead atoms. The van der Waals surface area contributed by atoms with Crippen LogP contribution >= 0.6 is 0 Å². The van der Waals surface area contributed by atoms with Gasteiger partial charge in [0.25, 0.3) is 0 Å². The summed E-state index contributed by atoms with van der Waals surface area (Å²) < 4.78 is 6.23. The quantitative estimate of drug-likeness (QED) is 0.429. The van der Waals surface area contributed by atoms with Gasteiger partial charge in [0, 0.05) is 6.92 Å². The molecule has 2 atom stereocenters. The van der Waals surface area contributed by atoms with E-state index in [1.54, 1.807) is 0 Å². The van der Waals surface area contributed by atoms with E-state index in [-0.39, 0.29) is 35.6 Å². The Hall–Kier alpha value is -1.87. The van der Waals surface area contributed by atoms with E-state index in [1.165, 1.54) is 16.9 Å². The smallest absolute Gasteiger partial charge is 0.339 e. The molecule has 2 unspecified atom stereocenters. The monoisotopic (exact) mass is 382 g/mol. The minimum atomic E-state index is -2.18. The topological polar surface area (TPSA) is 91.0 Å². The minimum Gasteiger partial charge on any atom is -0.339 e. The van der Waals surface area contributed by atoms with Crippen molar-refractivity contribution in [2.75, 3.05) is 13.2 Å². The molecule has 8 nitrogen and oxygen atoms in total. The lowest BCUT2D eigenvalue weighted by molar-refractivity contribution is -0.124. The van der Waals surface area contributed by atoms with Crippen LogP contribution in [0.25, 0.3) is 0 Å². The molecule has 146 valence electrons. The summed E-state index contributed by atoms with van der Waals surface area (Å²) in [7, 11) is -2.18. The summed E-state index contributed by atoms with van der Waals surface area (Å²) in [6.45, 7) is 14.2. The van der Waals surface area contributed by atoms with Gasteiger partial charge in [-0.1, -0.05) is 26.8 Å². The van der Waals surface area contributed by atoms with Crippen molar-refractivity contribution in [1.82, 2.24) is 20.6 Å². The minimum absolute atomic E-state index is 0.0345. The van der Waals surface area contributed by atoms with E-state index in [0.717, 1.165) is 5.57 Å². The van der Waals surface area contributed by atoms with Gasteiger partial charge in [0.15, 0.2) is 0 Å². The number of fused-ring (bicyclic) bond motifs is 2. The Kier molecular flexibility index (Phi) is 5.53. The highest BCUT2D eigenvalue weighted by atomic mass is 28.4. The van der Waals surface area contributed by atoms with Gasteiger partial charge in [-0.2, -0.15) is 0 Å². The van der Waals surface area contributed by atoms with Crippen LogP contribution in [-0.2, 0) is 14.1 Å². The molecule has 0 aromatic heterocycles. The van der Waals surface area contributed by atoms with Crippen molar-refractivity contribution in [2.45, 2.75) is 64.8 Å². The molecule has 2 heterocycles. The lowest BCUT2D eigenvalue weighted by Crippen LogP contribution is -2.52. The summed E-state index contributed by atoms with van der Waals surface area (Å²) in [6, 6.07) is -1.15. The van der Waals surface area contributed by atoms with Crippen molar-refractivity contribution in [3.63, 3.8) is 0 Å². The molecule has 1 saturated heterocycles. The van der Waals surface area contributed by atoms with E-state index < -0.39 is 14.4 Å². The Morgan fingerprint density at radius 1 is 1.31 bits per heavy atom. The van der Waals surface area contributed by atoms with Gasteiger partial charge in [-0.3, -0.25) is 9.59 Å². The van der Waals surface area contributed by atoms with Crippen molar-refractivity contribution in [3.8, 4) is 0 Å². The van der Waals surface area contributed by atoms with Gasteiger partial charge in [-0.25, -0.2) is 9.86 Å². The molecule has 0 aliphatic carbocycles. The number of rotatable bonds is 5.